The maximum absolute atomic E-state index is 4.88. The van der Waals surface area contributed by atoms with Crippen LogP contribution in [-0.4, -0.2) is 30.9 Å². The molecule has 0 saturated heterocycles. The van der Waals surface area contributed by atoms with Gasteiger partial charge in [0.05, 0.1) is 0 Å². The second kappa shape index (κ2) is 15.9. The molecule has 0 fully saturated rings. The Morgan fingerprint density at radius 3 is 1.25 bits per heavy atom. The first-order chi connectivity index (χ1) is 2.27. The van der Waals surface area contributed by atoms with Crippen LogP contribution in [0.5, 0.6) is 0 Å². The average molecular weight is 283 g/mol. The Kier molecular flexibility index (Phi) is 44.8. The van der Waals surface area contributed by atoms with Crippen molar-refractivity contribution < 1.29 is 2.85 Å². The maximum atomic E-state index is 4.88. The van der Waals surface area contributed by atoms with Crippen LogP contribution in [0.25, 0.3) is 0 Å². The molecule has 0 aromatic rings. The van der Waals surface area contributed by atoms with Crippen molar-refractivity contribution >= 4 is 62.0 Å². The minimum absolute atomic E-state index is 0. The van der Waals surface area contributed by atoms with Gasteiger partial charge in [-0.3, -0.25) is 0 Å². The van der Waals surface area contributed by atoms with Crippen LogP contribution < -0.4 is 0 Å². The number of rotatable bonds is 1. The summed E-state index contributed by atoms with van der Waals surface area (Å²) in [4.78, 5) is 0. The Hall–Kier alpha value is 1.70. The van der Waals surface area contributed by atoms with Crippen molar-refractivity contribution in [3.8, 4) is 0 Å². The van der Waals surface area contributed by atoms with Gasteiger partial charge in [-0.05, 0) is 0 Å². The molecule has 0 aromatic carbocycles. The van der Waals surface area contributed by atoms with Gasteiger partial charge in [-0.25, -0.2) is 0 Å². The zero-order valence-corrected chi connectivity index (χ0v) is 10.5. The molecule has 5 heteroatoms. The van der Waals surface area contributed by atoms with Crippen LogP contribution in [0.15, 0.2) is 0 Å². The summed E-state index contributed by atoms with van der Waals surface area (Å²) >= 11 is 0.926. The van der Waals surface area contributed by atoms with Crippen molar-refractivity contribution in [2.45, 2.75) is 20.0 Å². The van der Waals surface area contributed by atoms with E-state index in [9.17, 15) is 0 Å². The summed E-state index contributed by atoms with van der Waals surface area (Å²) < 4.78 is 4.88. The molecule has 8 heavy (non-hydrogen) atoms. The minimum atomic E-state index is 0. The van der Waals surface area contributed by atoms with Crippen molar-refractivity contribution in [1.29, 1.82) is 0 Å². The summed E-state index contributed by atoms with van der Waals surface area (Å²) in [7, 11) is 0. The van der Waals surface area contributed by atoms with Gasteiger partial charge in [-0.15, -0.1) is 37.2 Å². The van der Waals surface area contributed by atoms with Crippen LogP contribution in [0, 0.1) is 0 Å². The average Bonchev–Trinajstić information content (AvgIpc) is 1.38. The van der Waals surface area contributed by atoms with E-state index >= 15 is 0 Å². The monoisotopic (exact) mass is 282 g/mol. The molecular weight excluding hydrogens is 273 g/mol. The summed E-state index contributed by atoms with van der Waals surface area (Å²) in [5.74, 6) is 0. The molecule has 0 bridgehead atoms. The first-order valence-corrected chi connectivity index (χ1v) is 2.97. The fourth-order valence-corrected chi connectivity index (χ4v) is 0. The normalized spacial score (nSPS) is 5.88. The standard InChI is InChI=1S/C3H7O.3ClH.In/c1-3(2)4;;;;/h3H,1-2H3;3*1H;/q-1;;;;+1. The van der Waals surface area contributed by atoms with E-state index in [1.807, 2.05) is 13.8 Å². The third-order valence-corrected chi connectivity index (χ3v) is 1.83. The second-order valence-corrected chi connectivity index (χ2v) is 1.96. The number of hydrogen-bond acceptors (Lipinski definition) is 1. The fourth-order valence-electron chi connectivity index (χ4n) is 0. The van der Waals surface area contributed by atoms with Gasteiger partial charge < -0.3 is 0 Å². The first-order valence-electron chi connectivity index (χ1n) is 1.63. The van der Waals surface area contributed by atoms with Crippen molar-refractivity contribution in [2.24, 2.45) is 0 Å². The van der Waals surface area contributed by atoms with Gasteiger partial charge in [0.1, 0.15) is 0 Å². The van der Waals surface area contributed by atoms with Crippen LogP contribution in [0.4, 0.5) is 0 Å². The predicted octanol–water partition coefficient (Wildman–Crippen LogP) is 1.76. The molecule has 0 amide bonds. The van der Waals surface area contributed by atoms with E-state index in [0.717, 1.165) is 24.8 Å². The molecule has 0 N–H and O–H groups in total. The zero-order valence-electron chi connectivity index (χ0n) is 4.79. The Morgan fingerprint density at radius 2 is 1.25 bits per heavy atom. The van der Waals surface area contributed by atoms with E-state index in [-0.39, 0.29) is 37.2 Å². The molecule has 0 spiro atoms. The third kappa shape index (κ3) is 25.2. The van der Waals surface area contributed by atoms with Gasteiger partial charge in [0.25, 0.3) is 0 Å². The molecule has 0 aliphatic rings. The van der Waals surface area contributed by atoms with Crippen LogP contribution in [0.3, 0.4) is 0 Å². The van der Waals surface area contributed by atoms with Crippen LogP contribution in [0.2, 0.25) is 0 Å². The Morgan fingerprint density at radius 1 is 1.12 bits per heavy atom. The molecule has 1 nitrogen and oxygen atoms in total. The summed E-state index contributed by atoms with van der Waals surface area (Å²) in [6, 6.07) is 0. The van der Waals surface area contributed by atoms with Gasteiger partial charge in [0, 0.05) is 0 Å². The van der Waals surface area contributed by atoms with Gasteiger partial charge in [0.15, 0.2) is 0 Å². The van der Waals surface area contributed by atoms with E-state index in [1.165, 1.54) is 0 Å². The van der Waals surface area contributed by atoms with Gasteiger partial charge in [-0.2, -0.15) is 0 Å². The Balaban J connectivity index is -0.0000000267. The maximum Gasteiger partial charge on any atom is -0.147 e. The SMILES string of the molecule is CC(C)[O][In].Cl.Cl.Cl. The van der Waals surface area contributed by atoms with E-state index < -0.39 is 0 Å². The molecule has 0 heterocycles. The fraction of sp³-hybridized carbons (Fsp3) is 1.00. The molecule has 52 valence electrons. The third-order valence-electron chi connectivity index (χ3n) is 0.272. The van der Waals surface area contributed by atoms with E-state index in [1.54, 1.807) is 0 Å². The quantitative estimate of drug-likeness (QED) is 0.712. The first kappa shape index (κ1) is 22.6. The number of halogens is 3. The van der Waals surface area contributed by atoms with Gasteiger partial charge in [0.2, 0.25) is 0 Å². The van der Waals surface area contributed by atoms with E-state index in [4.69, 9.17) is 2.85 Å². The molecule has 2 radical (unpaired) electrons. The summed E-state index contributed by atoms with van der Waals surface area (Å²) in [6.07, 6.45) is 0.442. The zero-order chi connectivity index (χ0) is 4.28. The van der Waals surface area contributed by atoms with Crippen molar-refractivity contribution in [3.63, 3.8) is 0 Å². The van der Waals surface area contributed by atoms with Crippen LogP contribution in [0.1, 0.15) is 13.8 Å². The summed E-state index contributed by atoms with van der Waals surface area (Å²) in [6.45, 7) is 4.07. The van der Waals surface area contributed by atoms with E-state index in [2.05, 4.69) is 0 Å². The molecular formula is C3H10Cl3InO. The molecule has 0 rings (SSSR count). The smallest absolute Gasteiger partial charge is 0.147 e. The Labute approximate surface area is 84.3 Å². The van der Waals surface area contributed by atoms with Crippen molar-refractivity contribution in [3.05, 3.63) is 0 Å². The minimum Gasteiger partial charge on any atom is -0.147 e. The topological polar surface area (TPSA) is 9.23 Å². The number of hydrogen-bond donors (Lipinski definition) is 0. The van der Waals surface area contributed by atoms with Gasteiger partial charge in [-0.1, -0.05) is 0 Å². The van der Waals surface area contributed by atoms with Crippen molar-refractivity contribution in [2.75, 3.05) is 0 Å². The van der Waals surface area contributed by atoms with Crippen LogP contribution >= 0.6 is 37.2 Å². The predicted molar refractivity (Wildman–Crippen MR) is 43.7 cm³/mol. The molecule has 0 aliphatic carbocycles. The molecule has 0 saturated carbocycles. The molecule has 0 unspecified atom stereocenters. The molecule has 0 aliphatic heterocycles. The Bertz CT molecular complexity index is 28.5. The molecule has 0 aromatic heterocycles. The van der Waals surface area contributed by atoms with E-state index in [0.29, 0.717) is 6.10 Å². The summed E-state index contributed by atoms with van der Waals surface area (Å²) in [5.41, 5.74) is 0. The molecule has 0 atom stereocenters. The van der Waals surface area contributed by atoms with Crippen molar-refractivity contribution in [1.82, 2.24) is 0 Å². The summed E-state index contributed by atoms with van der Waals surface area (Å²) in [5, 5.41) is 0. The second-order valence-electron chi connectivity index (χ2n) is 1.18. The van der Waals surface area contributed by atoms with Gasteiger partial charge >= 0.3 is 47.6 Å². The largest absolute Gasteiger partial charge is 0.147 e. The van der Waals surface area contributed by atoms with Crippen LogP contribution in [-0.2, 0) is 2.85 Å².